The van der Waals surface area contributed by atoms with E-state index in [0.717, 1.165) is 73.3 Å². The van der Waals surface area contributed by atoms with E-state index in [1.54, 1.807) is 6.33 Å². The van der Waals surface area contributed by atoms with E-state index in [2.05, 4.69) is 77.1 Å². The van der Waals surface area contributed by atoms with Gasteiger partial charge in [-0.05, 0) is 107 Å². The molecule has 1 unspecified atom stereocenters. The highest BCUT2D eigenvalue weighted by Gasteiger charge is 2.32. The van der Waals surface area contributed by atoms with Gasteiger partial charge in [0.25, 0.3) is 0 Å². The van der Waals surface area contributed by atoms with E-state index >= 15 is 0 Å². The Morgan fingerprint density at radius 3 is 2.02 bits per heavy atom. The molecule has 4 aromatic heterocycles. The Hall–Kier alpha value is -4.95. The molecule has 0 saturated carbocycles. The Labute approximate surface area is 322 Å². The van der Waals surface area contributed by atoms with Gasteiger partial charge in [0.15, 0.2) is 17.0 Å². The fourth-order valence-corrected chi connectivity index (χ4v) is 8.54. The second-order valence-corrected chi connectivity index (χ2v) is 15.0. The Kier molecular flexibility index (Phi) is 9.02. The lowest BCUT2D eigenvalue weighted by atomic mass is 10.1. The third-order valence-corrected chi connectivity index (χ3v) is 11.3. The SMILES string of the molecule is C[C@@H](c1nc2cccc(Br)c2n1-c1ccccc1)N(C[C@H](N)c1nc2cccc(Br)c2n1-c1ccccc1)c1ncnc2c1ncn2C1CCCCO1. The van der Waals surface area contributed by atoms with Gasteiger partial charge in [0.2, 0.25) is 0 Å². The van der Waals surface area contributed by atoms with Crippen LogP contribution in [0.3, 0.4) is 0 Å². The summed E-state index contributed by atoms with van der Waals surface area (Å²) in [5.74, 6) is 2.20. The van der Waals surface area contributed by atoms with E-state index < -0.39 is 6.04 Å². The highest BCUT2D eigenvalue weighted by molar-refractivity contribution is 9.11. The summed E-state index contributed by atoms with van der Waals surface area (Å²) in [4.78, 5) is 27.2. The van der Waals surface area contributed by atoms with Crippen molar-refractivity contribution in [1.29, 1.82) is 0 Å². The van der Waals surface area contributed by atoms with Gasteiger partial charge < -0.3 is 15.4 Å². The first kappa shape index (κ1) is 33.9. The zero-order valence-electron chi connectivity index (χ0n) is 28.9. The van der Waals surface area contributed by atoms with Crippen LogP contribution < -0.4 is 10.6 Å². The molecular weight excluding hydrogens is 796 g/mol. The Bertz CT molecular complexity index is 2560. The maximum Gasteiger partial charge on any atom is 0.167 e. The Morgan fingerprint density at radius 2 is 1.40 bits per heavy atom. The van der Waals surface area contributed by atoms with Crippen molar-refractivity contribution in [3.05, 3.63) is 130 Å². The van der Waals surface area contributed by atoms with Gasteiger partial charge in [0, 0.05) is 33.5 Å². The first-order valence-electron chi connectivity index (χ1n) is 17.7. The summed E-state index contributed by atoms with van der Waals surface area (Å²) in [5.41, 5.74) is 14.4. The number of hydrogen-bond acceptors (Lipinski definition) is 8. The monoisotopic (exact) mass is 830 g/mol. The molecule has 53 heavy (non-hydrogen) atoms. The minimum atomic E-state index is -0.563. The van der Waals surface area contributed by atoms with E-state index in [0.29, 0.717) is 30.1 Å². The molecule has 1 aliphatic rings. The van der Waals surface area contributed by atoms with Gasteiger partial charge in [0.05, 0.1) is 40.5 Å². The minimum absolute atomic E-state index is 0.131. The Balaban J connectivity index is 1.23. The van der Waals surface area contributed by atoms with Gasteiger partial charge in [-0.2, -0.15) is 0 Å². The van der Waals surface area contributed by atoms with Crippen LogP contribution in [0.1, 0.15) is 56.1 Å². The van der Waals surface area contributed by atoms with Crippen LogP contribution in [-0.2, 0) is 4.74 Å². The molecule has 266 valence electrons. The molecule has 13 heteroatoms. The van der Waals surface area contributed by atoms with Crippen LogP contribution in [0.5, 0.6) is 0 Å². The number of para-hydroxylation sites is 4. The molecule has 2 N–H and O–H groups in total. The zero-order valence-corrected chi connectivity index (χ0v) is 32.1. The van der Waals surface area contributed by atoms with E-state index in [1.165, 1.54) is 0 Å². The summed E-state index contributed by atoms with van der Waals surface area (Å²) in [5, 5.41) is 0. The highest BCUT2D eigenvalue weighted by Crippen LogP contribution is 2.38. The van der Waals surface area contributed by atoms with Crippen LogP contribution >= 0.6 is 31.9 Å². The molecule has 0 amide bonds. The zero-order chi connectivity index (χ0) is 36.1. The fraction of sp³-hybridized carbons (Fsp3) is 0.225. The van der Waals surface area contributed by atoms with Crippen LogP contribution in [0.15, 0.2) is 119 Å². The number of aromatic nitrogens is 8. The number of hydrogen-bond donors (Lipinski definition) is 1. The summed E-state index contributed by atoms with van der Waals surface area (Å²) in [6.07, 6.45) is 6.34. The lowest BCUT2D eigenvalue weighted by molar-refractivity contribution is -0.0298. The van der Waals surface area contributed by atoms with Gasteiger partial charge in [-0.15, -0.1) is 0 Å². The van der Waals surface area contributed by atoms with Crippen molar-refractivity contribution < 1.29 is 4.74 Å². The third-order valence-electron chi connectivity index (χ3n) is 9.98. The fourth-order valence-electron chi connectivity index (χ4n) is 7.48. The summed E-state index contributed by atoms with van der Waals surface area (Å²) < 4.78 is 14.4. The van der Waals surface area contributed by atoms with Crippen LogP contribution in [-0.4, -0.2) is 51.8 Å². The molecule has 0 spiro atoms. The van der Waals surface area contributed by atoms with Crippen molar-refractivity contribution >= 4 is 70.9 Å². The van der Waals surface area contributed by atoms with Crippen molar-refractivity contribution in [2.24, 2.45) is 5.73 Å². The van der Waals surface area contributed by atoms with Gasteiger partial charge >= 0.3 is 0 Å². The number of nitrogens with two attached hydrogens (primary N) is 1. The van der Waals surface area contributed by atoms with E-state index in [9.17, 15) is 0 Å². The second-order valence-electron chi connectivity index (χ2n) is 13.3. The van der Waals surface area contributed by atoms with Gasteiger partial charge in [-0.1, -0.05) is 48.5 Å². The molecule has 5 heterocycles. The predicted octanol–water partition coefficient (Wildman–Crippen LogP) is 9.00. The predicted molar refractivity (Wildman–Crippen MR) is 214 cm³/mol. The molecule has 9 rings (SSSR count). The Morgan fingerprint density at radius 1 is 0.774 bits per heavy atom. The lowest BCUT2D eigenvalue weighted by Gasteiger charge is -2.32. The molecule has 0 bridgehead atoms. The van der Waals surface area contributed by atoms with Gasteiger partial charge in [0.1, 0.15) is 24.2 Å². The van der Waals surface area contributed by atoms with Gasteiger partial charge in [-0.3, -0.25) is 13.7 Å². The number of ether oxygens (including phenoxy) is 1. The molecule has 1 aliphatic heterocycles. The lowest BCUT2D eigenvalue weighted by Crippen LogP contribution is -2.37. The normalized spacial score (nSPS) is 16.0. The molecule has 4 aromatic carbocycles. The highest BCUT2D eigenvalue weighted by atomic mass is 79.9. The number of fused-ring (bicyclic) bond motifs is 3. The minimum Gasteiger partial charge on any atom is -0.358 e. The van der Waals surface area contributed by atoms with Crippen LogP contribution in [0, 0.1) is 0 Å². The van der Waals surface area contributed by atoms with Crippen molar-refractivity contribution in [2.75, 3.05) is 18.1 Å². The first-order chi connectivity index (χ1) is 26.0. The first-order valence-corrected chi connectivity index (χ1v) is 19.3. The summed E-state index contributed by atoms with van der Waals surface area (Å²) in [7, 11) is 0. The number of halogens is 2. The number of nitrogens with zero attached hydrogens (tertiary/aromatic N) is 9. The summed E-state index contributed by atoms with van der Waals surface area (Å²) in [6, 6.07) is 31.8. The summed E-state index contributed by atoms with van der Waals surface area (Å²) >= 11 is 7.63. The van der Waals surface area contributed by atoms with Crippen molar-refractivity contribution in [2.45, 2.75) is 44.5 Å². The molecule has 0 radical (unpaired) electrons. The number of rotatable bonds is 9. The molecule has 11 nitrogen and oxygen atoms in total. The maximum absolute atomic E-state index is 7.35. The molecule has 3 atom stereocenters. The molecule has 0 aliphatic carbocycles. The smallest absolute Gasteiger partial charge is 0.167 e. The molecule has 8 aromatic rings. The van der Waals surface area contributed by atoms with E-state index in [4.69, 9.17) is 35.4 Å². The van der Waals surface area contributed by atoms with Gasteiger partial charge in [-0.25, -0.2) is 24.9 Å². The molecule has 1 saturated heterocycles. The number of imidazole rings is 3. The van der Waals surface area contributed by atoms with Crippen LogP contribution in [0.2, 0.25) is 0 Å². The average molecular weight is 833 g/mol. The standard InChI is InChI=1S/C40H36Br2N10O/c1-25(37-47-31-18-10-16-28(41)35(31)51(37)26-12-4-2-5-13-26)49(39-34-40(45-23-44-39)50(24-46-34)33-20-8-9-21-53-33)22-30(43)38-48-32-19-11-17-29(42)36(32)52(38)27-14-6-3-7-15-27/h2-7,10-19,23-25,30,33H,8-9,20-22,43H2,1H3/t25-,30-,33?/m0/s1. The molecule has 1 fully saturated rings. The number of benzene rings is 4. The van der Waals surface area contributed by atoms with Crippen LogP contribution in [0.25, 0.3) is 44.6 Å². The second kappa shape index (κ2) is 14.1. The topological polar surface area (TPSA) is 118 Å². The average Bonchev–Trinajstić information content (AvgIpc) is 3.93. The molecular formula is C40H36Br2N10O. The van der Waals surface area contributed by atoms with E-state index in [1.807, 2.05) is 83.7 Å². The largest absolute Gasteiger partial charge is 0.358 e. The summed E-state index contributed by atoms with van der Waals surface area (Å²) in [6.45, 7) is 3.20. The van der Waals surface area contributed by atoms with Crippen molar-refractivity contribution in [3.63, 3.8) is 0 Å². The van der Waals surface area contributed by atoms with Crippen LogP contribution in [0.4, 0.5) is 5.82 Å². The number of anilines is 1. The quantitative estimate of drug-likeness (QED) is 0.153. The third kappa shape index (κ3) is 6.01. The van der Waals surface area contributed by atoms with Crippen molar-refractivity contribution in [1.82, 2.24) is 38.6 Å². The van der Waals surface area contributed by atoms with Crippen molar-refractivity contribution in [3.8, 4) is 11.4 Å². The maximum atomic E-state index is 7.35. The van der Waals surface area contributed by atoms with E-state index in [-0.39, 0.29) is 12.3 Å².